The number of hydrogen-bond acceptors (Lipinski definition) is 4. The smallest absolute Gasteiger partial charge is 0.152 e. The van der Waals surface area contributed by atoms with Crippen molar-refractivity contribution in [1.82, 2.24) is 9.38 Å². The van der Waals surface area contributed by atoms with E-state index in [1.807, 2.05) is 12.1 Å². The van der Waals surface area contributed by atoms with Crippen molar-refractivity contribution >= 4 is 15.5 Å². The van der Waals surface area contributed by atoms with Gasteiger partial charge >= 0.3 is 0 Å². The summed E-state index contributed by atoms with van der Waals surface area (Å²) in [6.07, 6.45) is 3.44. The van der Waals surface area contributed by atoms with E-state index in [0.717, 1.165) is 6.26 Å². The molecule has 0 radical (unpaired) electrons. The number of fused-ring (bicyclic) bond motifs is 1. The summed E-state index contributed by atoms with van der Waals surface area (Å²) in [5.41, 5.74) is 1.05. The van der Waals surface area contributed by atoms with Gasteiger partial charge in [0.1, 0.15) is 11.8 Å². The molecule has 0 aliphatic carbocycles. The molecule has 0 aromatic carbocycles. The summed E-state index contributed by atoms with van der Waals surface area (Å²) in [5.74, 6) is 0. The predicted octanol–water partition coefficient (Wildman–Crippen LogP) is 0.801. The number of pyridine rings is 1. The molecule has 2 atom stereocenters. The molecule has 17 heavy (non-hydrogen) atoms. The normalized spacial score (nSPS) is 15.9. The van der Waals surface area contributed by atoms with Crippen LogP contribution >= 0.6 is 0 Å². The molecule has 2 rings (SSSR count). The van der Waals surface area contributed by atoms with E-state index >= 15 is 0 Å². The number of rotatable bonds is 3. The van der Waals surface area contributed by atoms with Gasteiger partial charge < -0.3 is 9.51 Å². The van der Waals surface area contributed by atoms with E-state index in [0.29, 0.717) is 11.3 Å². The van der Waals surface area contributed by atoms with E-state index in [1.54, 1.807) is 22.9 Å². The second-order valence-electron chi connectivity index (χ2n) is 4.11. The van der Waals surface area contributed by atoms with Gasteiger partial charge in [0, 0.05) is 18.6 Å². The zero-order valence-electron chi connectivity index (χ0n) is 9.61. The minimum atomic E-state index is -3.29. The first kappa shape index (κ1) is 12.1. The van der Waals surface area contributed by atoms with Crippen molar-refractivity contribution in [3.8, 4) is 0 Å². The summed E-state index contributed by atoms with van der Waals surface area (Å²) in [6.45, 7) is 1.48. The lowest BCUT2D eigenvalue weighted by molar-refractivity contribution is 0.172. The minimum Gasteiger partial charge on any atom is -0.385 e. The van der Waals surface area contributed by atoms with Crippen LogP contribution in [-0.2, 0) is 9.84 Å². The van der Waals surface area contributed by atoms with Crippen molar-refractivity contribution in [3.63, 3.8) is 0 Å². The van der Waals surface area contributed by atoms with E-state index in [1.165, 1.54) is 6.92 Å². The van der Waals surface area contributed by atoms with E-state index in [9.17, 15) is 13.5 Å². The van der Waals surface area contributed by atoms with Crippen LogP contribution in [0.25, 0.3) is 5.65 Å². The first-order valence-electron chi connectivity index (χ1n) is 5.20. The molecule has 2 heterocycles. The summed E-state index contributed by atoms with van der Waals surface area (Å²) in [7, 11) is -3.29. The van der Waals surface area contributed by atoms with Crippen molar-refractivity contribution in [2.45, 2.75) is 18.3 Å². The average molecular weight is 254 g/mol. The zero-order valence-corrected chi connectivity index (χ0v) is 10.4. The summed E-state index contributed by atoms with van der Waals surface area (Å²) in [6, 6.07) is 5.46. The van der Waals surface area contributed by atoms with Crippen molar-refractivity contribution in [2.24, 2.45) is 0 Å². The van der Waals surface area contributed by atoms with Gasteiger partial charge in [-0.25, -0.2) is 13.4 Å². The van der Waals surface area contributed by atoms with Gasteiger partial charge in [0.15, 0.2) is 9.84 Å². The molecule has 0 bridgehead atoms. The lowest BCUT2D eigenvalue weighted by Crippen LogP contribution is -2.24. The van der Waals surface area contributed by atoms with Crippen LogP contribution < -0.4 is 0 Å². The largest absolute Gasteiger partial charge is 0.385 e. The Labute approximate surface area is 99.6 Å². The van der Waals surface area contributed by atoms with Crippen molar-refractivity contribution in [3.05, 3.63) is 36.3 Å². The Hall–Kier alpha value is -1.40. The summed E-state index contributed by atoms with van der Waals surface area (Å²) < 4.78 is 24.5. The molecule has 6 heteroatoms. The fraction of sp³-hybridized carbons (Fsp3) is 0.364. The van der Waals surface area contributed by atoms with E-state index < -0.39 is 21.2 Å². The summed E-state index contributed by atoms with van der Waals surface area (Å²) >= 11 is 0. The molecule has 0 saturated carbocycles. The van der Waals surface area contributed by atoms with Gasteiger partial charge in [-0.2, -0.15) is 0 Å². The maximum Gasteiger partial charge on any atom is 0.152 e. The van der Waals surface area contributed by atoms with Crippen molar-refractivity contribution in [2.75, 3.05) is 6.26 Å². The number of nitrogens with zero attached hydrogens (tertiary/aromatic N) is 2. The lowest BCUT2D eigenvalue weighted by Gasteiger charge is -2.14. The molecule has 0 aliphatic rings. The van der Waals surface area contributed by atoms with Crippen LogP contribution in [0.3, 0.4) is 0 Å². The monoisotopic (exact) mass is 254 g/mol. The summed E-state index contributed by atoms with van der Waals surface area (Å²) in [4.78, 5) is 4.20. The fourth-order valence-electron chi connectivity index (χ4n) is 1.57. The van der Waals surface area contributed by atoms with Crippen LogP contribution in [-0.4, -0.2) is 34.4 Å². The number of aromatic nitrogens is 2. The molecule has 1 N–H and O–H groups in total. The van der Waals surface area contributed by atoms with Crippen LogP contribution in [0.5, 0.6) is 0 Å². The second-order valence-corrected chi connectivity index (χ2v) is 6.51. The zero-order chi connectivity index (χ0) is 12.6. The van der Waals surface area contributed by atoms with Gasteiger partial charge in [0.25, 0.3) is 0 Å². The molecule has 92 valence electrons. The van der Waals surface area contributed by atoms with Crippen molar-refractivity contribution < 1.29 is 13.5 Å². The van der Waals surface area contributed by atoms with E-state index in [4.69, 9.17) is 0 Å². The Balaban J connectivity index is 2.40. The lowest BCUT2D eigenvalue weighted by atomic mass is 10.2. The Morgan fingerprint density at radius 2 is 2.12 bits per heavy atom. The third-order valence-electron chi connectivity index (χ3n) is 2.81. The van der Waals surface area contributed by atoms with Crippen LogP contribution in [0.2, 0.25) is 0 Å². The molecule has 2 aromatic heterocycles. The first-order chi connectivity index (χ1) is 7.89. The predicted molar refractivity (Wildman–Crippen MR) is 64.5 cm³/mol. The Morgan fingerprint density at radius 3 is 2.71 bits per heavy atom. The second kappa shape index (κ2) is 4.12. The van der Waals surface area contributed by atoms with Gasteiger partial charge in [0.05, 0.1) is 10.9 Å². The van der Waals surface area contributed by atoms with Gasteiger partial charge in [-0.1, -0.05) is 6.07 Å². The van der Waals surface area contributed by atoms with Crippen LogP contribution in [0, 0.1) is 0 Å². The highest BCUT2D eigenvalue weighted by atomic mass is 32.2. The highest BCUT2D eigenvalue weighted by molar-refractivity contribution is 7.91. The van der Waals surface area contributed by atoms with Gasteiger partial charge in [-0.05, 0) is 19.1 Å². The molecule has 0 saturated heterocycles. The molecule has 2 aromatic rings. The highest BCUT2D eigenvalue weighted by Gasteiger charge is 2.27. The van der Waals surface area contributed by atoms with Gasteiger partial charge in [-0.3, -0.25) is 0 Å². The standard InChI is InChI=1S/C11H14N2O3S/c1-8(17(2,15)16)11(14)9-7-13-6-4-3-5-10(13)12-9/h3-8,11,14H,1-2H3/t8-,11-/m0/s1. The molecule has 0 spiro atoms. The van der Waals surface area contributed by atoms with E-state index in [-0.39, 0.29) is 0 Å². The molecule has 0 fully saturated rings. The van der Waals surface area contributed by atoms with Crippen LogP contribution in [0.1, 0.15) is 18.7 Å². The average Bonchev–Trinajstić information content (AvgIpc) is 2.69. The Bertz CT molecular complexity index is 600. The Kier molecular flexibility index (Phi) is 2.92. The van der Waals surface area contributed by atoms with Crippen LogP contribution in [0.15, 0.2) is 30.6 Å². The van der Waals surface area contributed by atoms with E-state index in [2.05, 4.69) is 4.98 Å². The summed E-state index contributed by atoms with van der Waals surface area (Å²) in [5, 5.41) is 9.10. The number of hydrogen-bond donors (Lipinski definition) is 1. The third-order valence-corrected chi connectivity index (χ3v) is 4.41. The SMILES string of the molecule is C[C@@H]([C@H](O)c1cn2ccccc2n1)S(C)(=O)=O. The molecular formula is C11H14N2O3S. The van der Waals surface area contributed by atoms with Crippen molar-refractivity contribution in [1.29, 1.82) is 0 Å². The third kappa shape index (κ3) is 2.32. The number of aliphatic hydroxyl groups excluding tert-OH is 1. The van der Waals surface area contributed by atoms with Gasteiger partial charge in [0.2, 0.25) is 0 Å². The molecular weight excluding hydrogens is 240 g/mol. The number of aliphatic hydroxyl groups is 1. The topological polar surface area (TPSA) is 71.7 Å². The number of sulfone groups is 1. The van der Waals surface area contributed by atoms with Gasteiger partial charge in [-0.15, -0.1) is 0 Å². The van der Waals surface area contributed by atoms with Crippen LogP contribution in [0.4, 0.5) is 0 Å². The first-order valence-corrected chi connectivity index (χ1v) is 7.15. The Morgan fingerprint density at radius 1 is 1.41 bits per heavy atom. The molecule has 0 aliphatic heterocycles. The number of imidazole rings is 1. The molecule has 5 nitrogen and oxygen atoms in total. The minimum absolute atomic E-state index is 0.370. The molecule has 0 amide bonds. The highest BCUT2D eigenvalue weighted by Crippen LogP contribution is 2.21. The maximum absolute atomic E-state index is 11.4. The quantitative estimate of drug-likeness (QED) is 0.879. The maximum atomic E-state index is 11.4. The fourth-order valence-corrected chi connectivity index (χ4v) is 2.18. The molecule has 0 unspecified atom stereocenters.